The van der Waals surface area contributed by atoms with Gasteiger partial charge in [-0.2, -0.15) is 4.89 Å². The summed E-state index contributed by atoms with van der Waals surface area (Å²) in [7, 11) is 1.37. The maximum atomic E-state index is 13.5. The number of halogens is 1. The van der Waals surface area contributed by atoms with Crippen molar-refractivity contribution < 1.29 is 23.8 Å². The Labute approximate surface area is 210 Å². The lowest BCUT2D eigenvalue weighted by atomic mass is 9.49. The van der Waals surface area contributed by atoms with Gasteiger partial charge in [0.1, 0.15) is 5.78 Å². The Morgan fingerprint density at radius 3 is 1.71 bits per heavy atom. The fourth-order valence-electron chi connectivity index (χ4n) is 6.43. The Hall–Kier alpha value is -0.970. The molecule has 4 nitrogen and oxygen atoms in total. The summed E-state index contributed by atoms with van der Waals surface area (Å²) in [6, 6.07) is 0. The van der Waals surface area contributed by atoms with Crippen LogP contribution in [0.4, 0.5) is 4.39 Å². The second-order valence-corrected chi connectivity index (χ2v) is 10.8. The molecule has 34 heavy (non-hydrogen) atoms. The van der Waals surface area contributed by atoms with Crippen LogP contribution in [0.15, 0.2) is 0 Å². The normalized spacial score (nSPS) is 16.2. The molecule has 0 amide bonds. The van der Waals surface area contributed by atoms with E-state index in [4.69, 9.17) is 9.78 Å². The van der Waals surface area contributed by atoms with Gasteiger partial charge in [0.25, 0.3) is 0 Å². The lowest BCUT2D eigenvalue weighted by Crippen LogP contribution is -2.51. The smallest absolute Gasteiger partial charge is 0.299 e. The summed E-state index contributed by atoms with van der Waals surface area (Å²) >= 11 is 0. The van der Waals surface area contributed by atoms with Crippen LogP contribution in [0.25, 0.3) is 0 Å². The molecule has 0 rings (SSSR count). The summed E-state index contributed by atoms with van der Waals surface area (Å²) in [6.45, 7) is 18.9. The van der Waals surface area contributed by atoms with Gasteiger partial charge in [0.2, 0.25) is 0 Å². The van der Waals surface area contributed by atoms with E-state index < -0.39 is 6.67 Å². The van der Waals surface area contributed by atoms with Gasteiger partial charge in [0, 0.05) is 12.3 Å². The Morgan fingerprint density at radius 2 is 1.35 bits per heavy atom. The summed E-state index contributed by atoms with van der Waals surface area (Å²) in [6.07, 6.45) is 7.58. The van der Waals surface area contributed by atoms with Gasteiger partial charge < -0.3 is 0 Å². The molecule has 0 N–H and O–H groups in total. The maximum Gasteiger partial charge on any atom is 0.345 e. The average Bonchev–Trinajstić information content (AvgIpc) is 2.85. The fraction of sp³-hybridized carbons (Fsp3) is 0.931. The molecule has 0 aromatic rings. The van der Waals surface area contributed by atoms with E-state index in [0.717, 1.165) is 51.4 Å². The molecule has 0 fully saturated rings. The second-order valence-electron chi connectivity index (χ2n) is 10.8. The Morgan fingerprint density at radius 1 is 0.824 bits per heavy atom. The minimum atomic E-state index is -0.615. The standard InChI is InChI=1S/C29H55FO4/c1-11-22(12-2)20-23(25(31)18-19-30)28(9,15-5)29(16-6,17-7)21-24(26(32)34-33-10)27(8,13-3)14-4/h22-24H,11-21H2,1-10H3. The Balaban J connectivity index is 6.81. The lowest BCUT2D eigenvalue weighted by Gasteiger charge is -2.55. The number of hydrogen-bond acceptors (Lipinski definition) is 4. The molecule has 0 aliphatic carbocycles. The van der Waals surface area contributed by atoms with Crippen molar-refractivity contribution in [1.82, 2.24) is 0 Å². The van der Waals surface area contributed by atoms with Gasteiger partial charge in [0.15, 0.2) is 0 Å². The quantitative estimate of drug-likeness (QED) is 0.136. The number of ketones is 1. The van der Waals surface area contributed by atoms with Crippen LogP contribution in [0.1, 0.15) is 127 Å². The molecule has 0 aliphatic heterocycles. The second kappa shape index (κ2) is 15.2. The first-order valence-corrected chi connectivity index (χ1v) is 13.8. The van der Waals surface area contributed by atoms with Crippen LogP contribution in [-0.2, 0) is 19.4 Å². The largest absolute Gasteiger partial charge is 0.345 e. The van der Waals surface area contributed by atoms with Gasteiger partial charge in [-0.1, -0.05) is 75.2 Å². The molecule has 202 valence electrons. The van der Waals surface area contributed by atoms with Crippen LogP contribution in [0.3, 0.4) is 0 Å². The number of carbonyl (C=O) groups is 2. The molecule has 0 radical (unpaired) electrons. The van der Waals surface area contributed by atoms with E-state index in [1.54, 1.807) is 0 Å². The molecule has 0 saturated carbocycles. The Kier molecular flexibility index (Phi) is 14.8. The highest BCUT2D eigenvalue weighted by Crippen LogP contribution is 2.59. The third-order valence-corrected chi connectivity index (χ3v) is 10.0. The van der Waals surface area contributed by atoms with Gasteiger partial charge in [0.05, 0.1) is 19.7 Å². The van der Waals surface area contributed by atoms with E-state index in [1.165, 1.54) is 7.11 Å². The predicted octanol–water partition coefficient (Wildman–Crippen LogP) is 8.52. The van der Waals surface area contributed by atoms with Gasteiger partial charge in [-0.3, -0.25) is 14.1 Å². The lowest BCUT2D eigenvalue weighted by molar-refractivity contribution is -0.264. The first kappa shape index (κ1) is 33.0. The number of carbonyl (C=O) groups excluding carboxylic acids is 2. The maximum absolute atomic E-state index is 13.5. The molecule has 3 atom stereocenters. The van der Waals surface area contributed by atoms with Crippen molar-refractivity contribution in [2.75, 3.05) is 13.8 Å². The molecule has 5 heteroatoms. The first-order chi connectivity index (χ1) is 16.0. The van der Waals surface area contributed by atoms with Gasteiger partial charge in [-0.05, 0) is 67.1 Å². The third kappa shape index (κ3) is 7.27. The first-order valence-electron chi connectivity index (χ1n) is 13.8. The Bertz CT molecular complexity index is 593. The van der Waals surface area contributed by atoms with Gasteiger partial charge in [-0.15, -0.1) is 0 Å². The number of alkyl halides is 1. The summed E-state index contributed by atoms with van der Waals surface area (Å²) in [5.41, 5.74) is -0.875. The van der Waals surface area contributed by atoms with Crippen molar-refractivity contribution in [1.29, 1.82) is 0 Å². The van der Waals surface area contributed by atoms with Crippen molar-refractivity contribution in [3.8, 4) is 0 Å². The summed E-state index contributed by atoms with van der Waals surface area (Å²) in [5, 5.41) is 0. The topological polar surface area (TPSA) is 52.6 Å². The van der Waals surface area contributed by atoms with Crippen molar-refractivity contribution in [2.45, 2.75) is 127 Å². The molecular weight excluding hydrogens is 431 g/mol. The fourth-order valence-corrected chi connectivity index (χ4v) is 6.43. The van der Waals surface area contributed by atoms with Crippen molar-refractivity contribution >= 4 is 11.8 Å². The van der Waals surface area contributed by atoms with E-state index in [9.17, 15) is 14.0 Å². The molecule has 0 heterocycles. The zero-order valence-electron chi connectivity index (χ0n) is 24.0. The monoisotopic (exact) mass is 486 g/mol. The highest BCUT2D eigenvalue weighted by Gasteiger charge is 2.54. The molecule has 0 aromatic heterocycles. The number of hydrogen-bond donors (Lipinski definition) is 0. The van der Waals surface area contributed by atoms with E-state index >= 15 is 0 Å². The molecule has 0 aliphatic rings. The van der Waals surface area contributed by atoms with Gasteiger partial charge in [-0.25, -0.2) is 4.79 Å². The zero-order valence-corrected chi connectivity index (χ0v) is 24.0. The summed E-state index contributed by atoms with van der Waals surface area (Å²) in [4.78, 5) is 36.7. The third-order valence-electron chi connectivity index (χ3n) is 10.0. The van der Waals surface area contributed by atoms with Crippen LogP contribution in [0.2, 0.25) is 0 Å². The minimum Gasteiger partial charge on any atom is -0.299 e. The van der Waals surface area contributed by atoms with Crippen molar-refractivity contribution in [3.05, 3.63) is 0 Å². The highest BCUT2D eigenvalue weighted by atomic mass is 19.1. The zero-order chi connectivity index (χ0) is 26.6. The van der Waals surface area contributed by atoms with Gasteiger partial charge >= 0.3 is 5.97 Å². The van der Waals surface area contributed by atoms with E-state index in [2.05, 4.69) is 62.3 Å². The summed E-state index contributed by atoms with van der Waals surface area (Å²) < 4.78 is 13.4. The number of rotatable bonds is 19. The van der Waals surface area contributed by atoms with Crippen LogP contribution < -0.4 is 0 Å². The molecule has 0 spiro atoms. The molecule has 3 unspecified atom stereocenters. The van der Waals surface area contributed by atoms with Crippen LogP contribution in [-0.4, -0.2) is 25.5 Å². The van der Waals surface area contributed by atoms with Crippen LogP contribution >= 0.6 is 0 Å². The molecular formula is C29H55FO4. The van der Waals surface area contributed by atoms with E-state index in [0.29, 0.717) is 12.3 Å². The van der Waals surface area contributed by atoms with E-state index in [-0.39, 0.29) is 46.3 Å². The van der Waals surface area contributed by atoms with Crippen molar-refractivity contribution in [3.63, 3.8) is 0 Å². The minimum absolute atomic E-state index is 0.0271. The molecule has 0 aromatic carbocycles. The van der Waals surface area contributed by atoms with Crippen molar-refractivity contribution in [2.24, 2.45) is 34.0 Å². The summed E-state index contributed by atoms with van der Waals surface area (Å²) in [5.74, 6) is -0.443. The van der Waals surface area contributed by atoms with Crippen LogP contribution in [0, 0.1) is 34.0 Å². The SMILES string of the molecule is CCC(CC)CC(C(=O)CCF)C(C)(CC)C(CC)(CC)CC(C(=O)OOC)C(C)(CC)CC. The highest BCUT2D eigenvalue weighted by molar-refractivity contribution is 5.82. The number of Topliss-reactive ketones (excluding diaryl/α,β-unsaturated/α-hetero) is 1. The van der Waals surface area contributed by atoms with Crippen LogP contribution in [0.5, 0.6) is 0 Å². The predicted molar refractivity (Wildman–Crippen MR) is 139 cm³/mol. The molecule has 0 bridgehead atoms. The molecule has 0 saturated heterocycles. The average molecular weight is 487 g/mol. The van der Waals surface area contributed by atoms with E-state index in [1.807, 2.05) is 0 Å².